The SMILES string of the molecule is CCC(N)c1cc(Br)co1.CCC(N=[N+]=[N-])c1cc(Br)co1.CCC(O)c1cc(Br)co1.O=Cc1cc(Br)co1. The molecule has 4 aromatic heterocycles. The second kappa shape index (κ2) is 19.9. The lowest BCUT2D eigenvalue weighted by molar-refractivity contribution is 0.110. The van der Waals surface area contributed by atoms with Gasteiger partial charge in [0, 0.05) is 11.0 Å². The van der Waals surface area contributed by atoms with Crippen LogP contribution in [0.3, 0.4) is 0 Å². The molecule has 0 saturated carbocycles. The number of azide groups is 1. The quantitative estimate of drug-likeness (QED) is 0.0773. The van der Waals surface area contributed by atoms with Crippen LogP contribution in [-0.2, 0) is 0 Å². The molecule has 3 N–H and O–H groups in total. The maximum absolute atomic E-state index is 9.91. The van der Waals surface area contributed by atoms with Crippen LogP contribution in [0.4, 0.5) is 0 Å². The zero-order valence-electron chi connectivity index (χ0n) is 22.0. The van der Waals surface area contributed by atoms with Gasteiger partial charge in [0.1, 0.15) is 48.4 Å². The number of furan rings is 4. The van der Waals surface area contributed by atoms with Gasteiger partial charge in [-0.05, 0) is 107 Å². The first-order valence-electron chi connectivity index (χ1n) is 12.0. The molecule has 0 radical (unpaired) electrons. The first-order chi connectivity index (χ1) is 19.1. The van der Waals surface area contributed by atoms with Crippen LogP contribution >= 0.6 is 63.7 Å². The summed E-state index contributed by atoms with van der Waals surface area (Å²) in [6, 6.07) is 6.92. The highest BCUT2D eigenvalue weighted by molar-refractivity contribution is 9.11. The molecule has 40 heavy (non-hydrogen) atoms. The number of aliphatic hydroxyl groups excluding tert-OH is 1. The molecule has 0 saturated heterocycles. The molecule has 4 heterocycles. The van der Waals surface area contributed by atoms with Crippen LogP contribution < -0.4 is 5.73 Å². The number of hydrogen-bond donors (Lipinski definition) is 2. The van der Waals surface area contributed by atoms with E-state index >= 15 is 0 Å². The van der Waals surface area contributed by atoms with Crippen molar-refractivity contribution in [3.8, 4) is 0 Å². The van der Waals surface area contributed by atoms with Crippen LogP contribution in [0.2, 0.25) is 0 Å². The number of aliphatic hydroxyl groups is 1. The normalized spacial score (nSPS) is 12.2. The summed E-state index contributed by atoms with van der Waals surface area (Å²) < 4.78 is 23.5. The highest BCUT2D eigenvalue weighted by Crippen LogP contribution is 2.25. The average molecular weight is 814 g/mol. The summed E-state index contributed by atoms with van der Waals surface area (Å²) in [7, 11) is 0. The molecule has 3 atom stereocenters. The van der Waals surface area contributed by atoms with Gasteiger partial charge in [-0.3, -0.25) is 4.79 Å². The lowest BCUT2D eigenvalue weighted by Crippen LogP contribution is -2.06. The van der Waals surface area contributed by atoms with Crippen LogP contribution in [0.1, 0.15) is 86.1 Å². The van der Waals surface area contributed by atoms with Crippen molar-refractivity contribution in [3.63, 3.8) is 0 Å². The van der Waals surface area contributed by atoms with Crippen LogP contribution in [0.25, 0.3) is 10.4 Å². The molecule has 218 valence electrons. The minimum atomic E-state index is -0.466. The number of hydrogen-bond acceptors (Lipinski definition) is 8. The van der Waals surface area contributed by atoms with Crippen molar-refractivity contribution in [3.05, 3.63) is 101 Å². The monoisotopic (exact) mass is 810 g/mol. The molecule has 3 unspecified atom stereocenters. The minimum absolute atomic E-state index is 0.0336. The van der Waals surface area contributed by atoms with Gasteiger partial charge in [-0.15, -0.1) is 0 Å². The Morgan fingerprint density at radius 1 is 0.825 bits per heavy atom. The molecular formula is C26H30Br4N4O6. The van der Waals surface area contributed by atoms with Crippen molar-refractivity contribution >= 4 is 70.0 Å². The van der Waals surface area contributed by atoms with Crippen LogP contribution in [0, 0.1) is 0 Å². The number of halogens is 4. The first-order valence-corrected chi connectivity index (χ1v) is 15.1. The maximum Gasteiger partial charge on any atom is 0.185 e. The Balaban J connectivity index is 0.000000269. The van der Waals surface area contributed by atoms with Gasteiger partial charge < -0.3 is 28.5 Å². The summed E-state index contributed by atoms with van der Waals surface area (Å²) in [5.74, 6) is 2.50. The topological polar surface area (TPSA) is 165 Å². The fourth-order valence-electron chi connectivity index (χ4n) is 2.72. The van der Waals surface area contributed by atoms with Crippen LogP contribution in [0.15, 0.2) is 90.0 Å². The Labute approximate surface area is 265 Å². The summed E-state index contributed by atoms with van der Waals surface area (Å²) in [5, 5.41) is 12.8. The van der Waals surface area contributed by atoms with E-state index in [4.69, 9.17) is 28.9 Å². The van der Waals surface area contributed by atoms with Crippen LogP contribution in [-0.4, -0.2) is 11.4 Å². The van der Waals surface area contributed by atoms with Gasteiger partial charge >= 0.3 is 0 Å². The predicted octanol–water partition coefficient (Wildman–Crippen LogP) is 10.6. The van der Waals surface area contributed by atoms with Crippen molar-refractivity contribution in [1.82, 2.24) is 0 Å². The largest absolute Gasteiger partial charge is 0.468 e. The van der Waals surface area contributed by atoms with E-state index in [1.54, 1.807) is 30.9 Å². The summed E-state index contributed by atoms with van der Waals surface area (Å²) in [4.78, 5) is 12.6. The third kappa shape index (κ3) is 13.5. The van der Waals surface area contributed by atoms with Gasteiger partial charge in [-0.1, -0.05) is 25.9 Å². The standard InChI is InChI=1S/C7H8BrN3O.C7H10BrNO.C7H9BrO2.C5H3BrO2/c1-2-6(10-11-9)7-3-5(8)4-12-7;2*1-2-6(9)7-3-5(8)4-10-7;6-4-1-5(2-7)8-3-4/h3-4,6H,2H2,1H3;3-4,6H,2,9H2,1H3;3-4,6,9H,2H2,1H3;1-3H. The minimum Gasteiger partial charge on any atom is -0.468 e. The first kappa shape index (κ1) is 36.0. The van der Waals surface area contributed by atoms with E-state index in [9.17, 15) is 9.90 Å². The molecule has 0 bridgehead atoms. The number of carbonyl (C=O) groups is 1. The summed E-state index contributed by atoms with van der Waals surface area (Å²) >= 11 is 12.9. The Hall–Kier alpha value is -2.06. The van der Waals surface area contributed by atoms with Gasteiger partial charge in [-0.2, -0.15) is 0 Å². The second-order valence-corrected chi connectivity index (χ2v) is 11.5. The van der Waals surface area contributed by atoms with E-state index in [2.05, 4.69) is 73.7 Å². The van der Waals surface area contributed by atoms with E-state index < -0.39 is 6.10 Å². The molecule has 10 nitrogen and oxygen atoms in total. The van der Waals surface area contributed by atoms with Gasteiger partial charge in [0.2, 0.25) is 0 Å². The van der Waals surface area contributed by atoms with E-state index in [1.165, 1.54) is 6.26 Å². The molecule has 4 rings (SSSR count). The van der Waals surface area contributed by atoms with E-state index in [0.29, 0.717) is 30.0 Å². The third-order valence-electron chi connectivity index (χ3n) is 4.89. The van der Waals surface area contributed by atoms with Crippen molar-refractivity contribution < 1.29 is 27.6 Å². The Bertz CT molecular complexity index is 1270. The second-order valence-electron chi connectivity index (χ2n) is 7.85. The van der Waals surface area contributed by atoms with E-state index in [1.807, 2.05) is 32.9 Å². The van der Waals surface area contributed by atoms with E-state index in [0.717, 1.165) is 36.5 Å². The zero-order valence-corrected chi connectivity index (χ0v) is 28.3. The molecule has 0 aliphatic rings. The maximum atomic E-state index is 9.91. The molecule has 0 fully saturated rings. The molecule has 0 spiro atoms. The molecular weight excluding hydrogens is 784 g/mol. The van der Waals surface area contributed by atoms with Crippen molar-refractivity contribution in [2.45, 2.75) is 58.2 Å². The van der Waals surface area contributed by atoms with Gasteiger partial charge in [0.25, 0.3) is 0 Å². The lowest BCUT2D eigenvalue weighted by Gasteiger charge is -2.01. The summed E-state index contributed by atoms with van der Waals surface area (Å²) in [6.07, 6.45) is 8.76. The molecule has 0 amide bonds. The van der Waals surface area contributed by atoms with Crippen LogP contribution in [0.5, 0.6) is 0 Å². The molecule has 0 aliphatic carbocycles. The van der Waals surface area contributed by atoms with Crippen molar-refractivity contribution in [2.75, 3.05) is 0 Å². The Kier molecular flexibility index (Phi) is 17.9. The number of rotatable bonds is 8. The Morgan fingerprint density at radius 3 is 1.62 bits per heavy atom. The fourth-order valence-corrected chi connectivity index (χ4v) is 4.00. The lowest BCUT2D eigenvalue weighted by atomic mass is 10.2. The highest BCUT2D eigenvalue weighted by Gasteiger charge is 2.11. The van der Waals surface area contributed by atoms with Gasteiger partial charge in [-0.25, -0.2) is 0 Å². The van der Waals surface area contributed by atoms with E-state index in [-0.39, 0.29) is 12.1 Å². The average Bonchev–Trinajstić information content (AvgIpc) is 3.77. The molecule has 14 heteroatoms. The number of nitrogens with zero attached hydrogens (tertiary/aromatic N) is 3. The van der Waals surface area contributed by atoms with Gasteiger partial charge in [0.15, 0.2) is 12.0 Å². The molecule has 0 aromatic carbocycles. The smallest absolute Gasteiger partial charge is 0.185 e. The number of nitrogens with two attached hydrogens (primary N) is 1. The molecule has 0 aliphatic heterocycles. The number of carbonyl (C=O) groups excluding carboxylic acids is 1. The summed E-state index contributed by atoms with van der Waals surface area (Å²) in [5.41, 5.74) is 13.9. The fraction of sp³-hybridized carbons (Fsp3) is 0.346. The zero-order chi connectivity index (χ0) is 30.1. The van der Waals surface area contributed by atoms with Gasteiger partial charge in [0.05, 0.1) is 30.0 Å². The van der Waals surface area contributed by atoms with Crippen molar-refractivity contribution in [2.24, 2.45) is 10.8 Å². The highest BCUT2D eigenvalue weighted by atomic mass is 79.9. The third-order valence-corrected chi connectivity index (χ3v) is 6.56. The predicted molar refractivity (Wildman–Crippen MR) is 166 cm³/mol. The van der Waals surface area contributed by atoms with Crippen molar-refractivity contribution in [1.29, 1.82) is 0 Å². The Morgan fingerprint density at radius 2 is 1.30 bits per heavy atom. The number of aldehydes is 1. The summed E-state index contributed by atoms with van der Waals surface area (Å²) in [6.45, 7) is 5.87. The molecule has 4 aromatic rings.